The lowest BCUT2D eigenvalue weighted by Gasteiger charge is -1.90. The molecular weight excluding hydrogens is 214 g/mol. The summed E-state index contributed by atoms with van der Waals surface area (Å²) in [5, 5.41) is 3.63. The van der Waals surface area contributed by atoms with Gasteiger partial charge in [0.05, 0.1) is 0 Å². The van der Waals surface area contributed by atoms with Crippen LogP contribution in [-0.2, 0) is 6.42 Å². The van der Waals surface area contributed by atoms with Crippen molar-refractivity contribution in [2.24, 2.45) is 5.73 Å². The summed E-state index contributed by atoms with van der Waals surface area (Å²) in [5.74, 6) is 0.476. The average molecular weight is 223 g/mol. The van der Waals surface area contributed by atoms with Crippen molar-refractivity contribution in [3.63, 3.8) is 0 Å². The van der Waals surface area contributed by atoms with Crippen molar-refractivity contribution in [1.82, 2.24) is 20.1 Å². The molecule has 2 aromatic heterocycles. The molecule has 2 rings (SSSR count). The maximum Gasteiger partial charge on any atom is 0.325 e. The number of hydrogen-bond acceptors (Lipinski definition) is 6. The van der Waals surface area contributed by atoms with Crippen molar-refractivity contribution in [3.05, 3.63) is 32.9 Å². The molecule has 84 valence electrons. The fourth-order valence-electron chi connectivity index (χ4n) is 1.16. The first-order chi connectivity index (χ1) is 7.70. The van der Waals surface area contributed by atoms with Crippen LogP contribution in [0.2, 0.25) is 0 Å². The van der Waals surface area contributed by atoms with Crippen LogP contribution in [0.25, 0.3) is 11.5 Å². The Bertz CT molecular complexity index is 596. The summed E-state index contributed by atoms with van der Waals surface area (Å²) in [7, 11) is 0. The van der Waals surface area contributed by atoms with Crippen LogP contribution in [0.15, 0.2) is 20.3 Å². The molecule has 0 aromatic carbocycles. The third-order valence-electron chi connectivity index (χ3n) is 1.89. The van der Waals surface area contributed by atoms with E-state index in [1.165, 1.54) is 6.20 Å². The van der Waals surface area contributed by atoms with E-state index < -0.39 is 11.2 Å². The van der Waals surface area contributed by atoms with Crippen LogP contribution >= 0.6 is 0 Å². The smallest absolute Gasteiger partial charge is 0.325 e. The predicted molar refractivity (Wildman–Crippen MR) is 53.7 cm³/mol. The van der Waals surface area contributed by atoms with Gasteiger partial charge in [-0.25, -0.2) is 4.79 Å². The van der Waals surface area contributed by atoms with Crippen LogP contribution in [0.4, 0.5) is 0 Å². The Kier molecular flexibility index (Phi) is 2.64. The largest absolute Gasteiger partial charge is 0.334 e. The van der Waals surface area contributed by atoms with Gasteiger partial charge in [-0.3, -0.25) is 9.78 Å². The number of nitrogens with two attached hydrogens (primary N) is 1. The molecule has 0 atom stereocenters. The maximum atomic E-state index is 11.4. The molecule has 0 aliphatic carbocycles. The second-order valence-electron chi connectivity index (χ2n) is 3.04. The number of rotatable bonds is 3. The zero-order valence-electron chi connectivity index (χ0n) is 8.19. The van der Waals surface area contributed by atoms with Gasteiger partial charge in [-0.1, -0.05) is 5.16 Å². The summed E-state index contributed by atoms with van der Waals surface area (Å²) < 4.78 is 4.87. The lowest BCUT2D eigenvalue weighted by molar-refractivity contribution is 0.422. The van der Waals surface area contributed by atoms with Crippen molar-refractivity contribution in [2.75, 3.05) is 6.54 Å². The van der Waals surface area contributed by atoms with E-state index in [9.17, 15) is 9.59 Å². The first-order valence-electron chi connectivity index (χ1n) is 4.55. The number of aromatic amines is 2. The van der Waals surface area contributed by atoms with E-state index in [1.54, 1.807) is 0 Å². The topological polar surface area (TPSA) is 131 Å². The number of nitrogens with one attached hydrogen (secondary N) is 2. The highest BCUT2D eigenvalue weighted by Crippen LogP contribution is 2.09. The molecule has 0 aliphatic rings. The highest BCUT2D eigenvalue weighted by molar-refractivity contribution is 5.48. The van der Waals surface area contributed by atoms with E-state index in [1.807, 2.05) is 0 Å². The van der Waals surface area contributed by atoms with Gasteiger partial charge in [0, 0.05) is 12.6 Å². The number of aromatic nitrogens is 4. The van der Waals surface area contributed by atoms with E-state index in [-0.39, 0.29) is 11.5 Å². The minimum Gasteiger partial charge on any atom is -0.334 e. The molecular formula is C8H9N5O3. The fourth-order valence-corrected chi connectivity index (χ4v) is 1.16. The van der Waals surface area contributed by atoms with Crippen LogP contribution in [0, 0.1) is 0 Å². The second kappa shape index (κ2) is 4.11. The van der Waals surface area contributed by atoms with Crippen LogP contribution in [-0.4, -0.2) is 26.7 Å². The van der Waals surface area contributed by atoms with E-state index in [4.69, 9.17) is 10.3 Å². The van der Waals surface area contributed by atoms with E-state index in [0.717, 1.165) is 0 Å². The number of hydrogen-bond donors (Lipinski definition) is 3. The maximum absolute atomic E-state index is 11.4. The lowest BCUT2D eigenvalue weighted by Crippen LogP contribution is -2.22. The van der Waals surface area contributed by atoms with Crippen molar-refractivity contribution in [3.8, 4) is 11.5 Å². The standard InChI is InChI=1S/C8H9N5O3/c9-2-1-5-11-7(16-13-5)4-3-10-8(15)12-6(4)14/h3H,1-2,9H2,(H2,10,12,14,15). The van der Waals surface area contributed by atoms with Gasteiger partial charge in [-0.05, 0) is 6.54 Å². The van der Waals surface area contributed by atoms with Crippen LogP contribution in [0.1, 0.15) is 5.82 Å². The first kappa shape index (κ1) is 10.3. The van der Waals surface area contributed by atoms with Crippen molar-refractivity contribution in [2.45, 2.75) is 6.42 Å². The van der Waals surface area contributed by atoms with Crippen LogP contribution in [0.3, 0.4) is 0 Å². The summed E-state index contributed by atoms with van der Waals surface area (Å²) in [4.78, 5) is 30.5. The molecule has 0 fully saturated rings. The summed E-state index contributed by atoms with van der Waals surface area (Å²) >= 11 is 0. The zero-order chi connectivity index (χ0) is 11.5. The third kappa shape index (κ3) is 1.91. The predicted octanol–water partition coefficient (Wildman–Crippen LogP) is -1.39. The van der Waals surface area contributed by atoms with Gasteiger partial charge in [0.1, 0.15) is 5.56 Å². The number of nitrogens with zero attached hydrogens (tertiary/aromatic N) is 2. The van der Waals surface area contributed by atoms with Crippen LogP contribution < -0.4 is 17.0 Å². The van der Waals surface area contributed by atoms with Crippen molar-refractivity contribution < 1.29 is 4.52 Å². The SMILES string of the molecule is NCCc1noc(-c2c[nH]c(=O)[nH]c2=O)n1. The summed E-state index contributed by atoms with van der Waals surface area (Å²) in [6.07, 6.45) is 1.69. The molecule has 0 saturated carbocycles. The Hall–Kier alpha value is -2.22. The quantitative estimate of drug-likeness (QED) is 0.587. The Morgan fingerprint density at radius 2 is 2.25 bits per heavy atom. The highest BCUT2D eigenvalue weighted by Gasteiger charge is 2.12. The van der Waals surface area contributed by atoms with E-state index >= 15 is 0 Å². The molecule has 4 N–H and O–H groups in total. The monoisotopic (exact) mass is 223 g/mol. The van der Waals surface area contributed by atoms with Gasteiger partial charge in [-0.2, -0.15) is 4.98 Å². The molecule has 0 unspecified atom stereocenters. The van der Waals surface area contributed by atoms with Crippen LogP contribution in [0.5, 0.6) is 0 Å². The van der Waals surface area contributed by atoms with Crippen molar-refractivity contribution >= 4 is 0 Å². The lowest BCUT2D eigenvalue weighted by atomic mass is 10.3. The minimum absolute atomic E-state index is 0.0564. The van der Waals surface area contributed by atoms with Gasteiger partial charge in [0.2, 0.25) is 0 Å². The molecule has 2 aromatic rings. The van der Waals surface area contributed by atoms with Crippen molar-refractivity contribution in [1.29, 1.82) is 0 Å². The summed E-state index contributed by atoms with van der Waals surface area (Å²) in [6.45, 7) is 0.390. The Balaban J connectivity index is 2.42. The second-order valence-corrected chi connectivity index (χ2v) is 3.04. The Morgan fingerprint density at radius 3 is 2.94 bits per heavy atom. The zero-order valence-corrected chi connectivity index (χ0v) is 8.19. The van der Waals surface area contributed by atoms with Gasteiger partial charge in [0.25, 0.3) is 11.4 Å². The molecule has 0 radical (unpaired) electrons. The Labute approximate surface area is 88.5 Å². The van der Waals surface area contributed by atoms with E-state index in [2.05, 4.69) is 20.1 Å². The molecule has 0 amide bonds. The third-order valence-corrected chi connectivity index (χ3v) is 1.89. The van der Waals surface area contributed by atoms with Gasteiger partial charge >= 0.3 is 5.69 Å². The molecule has 8 heteroatoms. The fraction of sp³-hybridized carbons (Fsp3) is 0.250. The Morgan fingerprint density at radius 1 is 1.44 bits per heavy atom. The van der Waals surface area contributed by atoms with Gasteiger partial charge in [0.15, 0.2) is 5.82 Å². The minimum atomic E-state index is -0.588. The first-order valence-corrected chi connectivity index (χ1v) is 4.55. The highest BCUT2D eigenvalue weighted by atomic mass is 16.5. The molecule has 2 heterocycles. The molecule has 8 nitrogen and oxygen atoms in total. The molecule has 0 spiro atoms. The summed E-state index contributed by atoms with van der Waals surface area (Å²) in [6, 6.07) is 0. The molecule has 16 heavy (non-hydrogen) atoms. The van der Waals surface area contributed by atoms with Gasteiger partial charge in [-0.15, -0.1) is 0 Å². The van der Waals surface area contributed by atoms with E-state index in [0.29, 0.717) is 18.8 Å². The molecule has 0 saturated heterocycles. The normalized spacial score (nSPS) is 10.6. The molecule has 0 aliphatic heterocycles. The van der Waals surface area contributed by atoms with Gasteiger partial charge < -0.3 is 15.2 Å². The molecule has 0 bridgehead atoms. The average Bonchev–Trinajstić information content (AvgIpc) is 2.67. The summed E-state index contributed by atoms with van der Waals surface area (Å²) in [5.41, 5.74) is 4.28. The number of H-pyrrole nitrogens is 2.